The lowest BCUT2D eigenvalue weighted by Gasteiger charge is -2.19. The van der Waals surface area contributed by atoms with Crippen molar-refractivity contribution in [1.29, 1.82) is 0 Å². The van der Waals surface area contributed by atoms with Crippen LogP contribution in [0.5, 0.6) is 11.5 Å². The molecule has 21 heavy (non-hydrogen) atoms. The van der Waals surface area contributed by atoms with E-state index in [1.165, 1.54) is 24.3 Å². The van der Waals surface area contributed by atoms with Crippen LogP contribution in [0, 0.1) is 17.0 Å². The average Bonchev–Trinajstić information content (AvgIpc) is 2.40. The van der Waals surface area contributed by atoms with Crippen LogP contribution in [-0.4, -0.2) is 15.1 Å². The lowest BCUT2D eigenvalue weighted by Crippen LogP contribution is -2.08. The maximum atomic E-state index is 10.7. The Hall–Kier alpha value is -2.76. The number of hydrogen-bond acceptors (Lipinski definition) is 5. The second kappa shape index (κ2) is 5.70. The van der Waals surface area contributed by atoms with Gasteiger partial charge in [0.1, 0.15) is 11.5 Å². The number of phenols is 2. The number of non-ortho nitro benzene ring substituents is 1. The van der Waals surface area contributed by atoms with Gasteiger partial charge < -0.3 is 15.5 Å². The first kappa shape index (κ1) is 14.6. The zero-order valence-corrected chi connectivity index (χ0v) is 11.7. The molecular weight excluding hydrogens is 272 g/mol. The van der Waals surface area contributed by atoms with Crippen LogP contribution in [0.1, 0.15) is 24.1 Å². The number of anilines is 1. The molecule has 1 atom stereocenters. The summed E-state index contributed by atoms with van der Waals surface area (Å²) in [6.07, 6.45) is 0. The third-order valence-electron chi connectivity index (χ3n) is 3.29. The minimum Gasteiger partial charge on any atom is -0.507 e. The Morgan fingerprint density at radius 2 is 1.81 bits per heavy atom. The van der Waals surface area contributed by atoms with E-state index in [-0.39, 0.29) is 23.2 Å². The van der Waals surface area contributed by atoms with Gasteiger partial charge in [-0.05, 0) is 37.6 Å². The standard InChI is InChI=1S/C15H16N2O4/c1-9-8-11(17(20)21)6-7-12(9)16-10(2)15-13(18)4-3-5-14(15)19/h3-8,10,16,18-19H,1-2H3. The second-order valence-corrected chi connectivity index (χ2v) is 4.83. The normalized spacial score (nSPS) is 11.9. The number of rotatable bonds is 4. The largest absolute Gasteiger partial charge is 0.507 e. The van der Waals surface area contributed by atoms with Crippen molar-refractivity contribution in [1.82, 2.24) is 0 Å². The third-order valence-corrected chi connectivity index (χ3v) is 3.29. The van der Waals surface area contributed by atoms with Crippen molar-refractivity contribution in [3.05, 3.63) is 57.6 Å². The highest BCUT2D eigenvalue weighted by atomic mass is 16.6. The Morgan fingerprint density at radius 3 is 2.33 bits per heavy atom. The Morgan fingerprint density at radius 1 is 1.19 bits per heavy atom. The van der Waals surface area contributed by atoms with Crippen molar-refractivity contribution in [2.24, 2.45) is 0 Å². The molecule has 0 aliphatic heterocycles. The molecule has 0 amide bonds. The molecule has 0 aromatic heterocycles. The Balaban J connectivity index is 2.28. The summed E-state index contributed by atoms with van der Waals surface area (Å²) in [7, 11) is 0. The molecule has 0 saturated carbocycles. The fourth-order valence-corrected chi connectivity index (χ4v) is 2.21. The zero-order chi connectivity index (χ0) is 15.6. The molecule has 110 valence electrons. The van der Waals surface area contributed by atoms with Crippen LogP contribution in [0.4, 0.5) is 11.4 Å². The first-order chi connectivity index (χ1) is 9.90. The molecule has 6 heteroatoms. The minimum absolute atomic E-state index is 0.00503. The number of nitro groups is 1. The maximum absolute atomic E-state index is 10.7. The zero-order valence-electron chi connectivity index (χ0n) is 11.7. The van der Waals surface area contributed by atoms with Gasteiger partial charge in [-0.15, -0.1) is 0 Å². The quantitative estimate of drug-likeness (QED) is 0.591. The summed E-state index contributed by atoms with van der Waals surface area (Å²) in [5.74, 6) is -0.0101. The maximum Gasteiger partial charge on any atom is 0.269 e. The van der Waals surface area contributed by atoms with Crippen LogP contribution in [-0.2, 0) is 0 Å². The van der Waals surface area contributed by atoms with Crippen molar-refractivity contribution in [3.63, 3.8) is 0 Å². The molecule has 2 aromatic rings. The fraction of sp³-hybridized carbons (Fsp3) is 0.200. The van der Waals surface area contributed by atoms with Crippen LogP contribution in [0.15, 0.2) is 36.4 Å². The second-order valence-electron chi connectivity index (χ2n) is 4.83. The van der Waals surface area contributed by atoms with E-state index < -0.39 is 4.92 Å². The van der Waals surface area contributed by atoms with Crippen LogP contribution in [0.3, 0.4) is 0 Å². The molecular formula is C15H16N2O4. The van der Waals surface area contributed by atoms with Crippen LogP contribution >= 0.6 is 0 Å². The molecule has 0 aliphatic rings. The van der Waals surface area contributed by atoms with E-state index in [1.54, 1.807) is 26.0 Å². The lowest BCUT2D eigenvalue weighted by molar-refractivity contribution is -0.384. The summed E-state index contributed by atoms with van der Waals surface area (Å²) in [5, 5.41) is 33.5. The summed E-state index contributed by atoms with van der Waals surface area (Å²) in [6, 6.07) is 8.68. The van der Waals surface area contributed by atoms with Gasteiger partial charge in [0.05, 0.1) is 16.5 Å². The summed E-state index contributed by atoms with van der Waals surface area (Å²) < 4.78 is 0. The SMILES string of the molecule is Cc1cc([N+](=O)[O-])ccc1NC(C)c1c(O)cccc1O. The van der Waals surface area contributed by atoms with Gasteiger partial charge in [-0.25, -0.2) is 0 Å². The Labute approximate surface area is 121 Å². The summed E-state index contributed by atoms with van der Waals surface area (Å²) in [4.78, 5) is 10.3. The number of hydrogen-bond donors (Lipinski definition) is 3. The van der Waals surface area contributed by atoms with E-state index >= 15 is 0 Å². The highest BCUT2D eigenvalue weighted by Crippen LogP contribution is 2.35. The molecule has 3 N–H and O–H groups in total. The fourth-order valence-electron chi connectivity index (χ4n) is 2.21. The lowest BCUT2D eigenvalue weighted by atomic mass is 10.0. The van der Waals surface area contributed by atoms with Crippen LogP contribution in [0.2, 0.25) is 0 Å². The molecule has 0 spiro atoms. The number of benzene rings is 2. The summed E-state index contributed by atoms with van der Waals surface area (Å²) >= 11 is 0. The topological polar surface area (TPSA) is 95.6 Å². The van der Waals surface area contributed by atoms with Crippen LogP contribution < -0.4 is 5.32 Å². The van der Waals surface area contributed by atoms with E-state index in [9.17, 15) is 20.3 Å². The molecule has 0 fully saturated rings. The van der Waals surface area contributed by atoms with Crippen molar-refractivity contribution >= 4 is 11.4 Å². The van der Waals surface area contributed by atoms with Crippen molar-refractivity contribution in [2.75, 3.05) is 5.32 Å². The molecule has 0 saturated heterocycles. The number of nitrogens with one attached hydrogen (secondary N) is 1. The van der Waals surface area contributed by atoms with Gasteiger partial charge in [0.2, 0.25) is 0 Å². The number of nitrogens with zero attached hydrogens (tertiary/aromatic N) is 1. The number of phenolic OH excluding ortho intramolecular Hbond substituents is 2. The van der Waals surface area contributed by atoms with Gasteiger partial charge in [-0.3, -0.25) is 10.1 Å². The van der Waals surface area contributed by atoms with Gasteiger partial charge in [-0.1, -0.05) is 6.07 Å². The first-order valence-electron chi connectivity index (χ1n) is 6.42. The van der Waals surface area contributed by atoms with Gasteiger partial charge in [-0.2, -0.15) is 0 Å². The van der Waals surface area contributed by atoms with Crippen molar-refractivity contribution in [2.45, 2.75) is 19.9 Å². The highest BCUT2D eigenvalue weighted by molar-refractivity contribution is 5.58. The third kappa shape index (κ3) is 3.05. The number of aryl methyl sites for hydroxylation is 1. The molecule has 0 heterocycles. The van der Waals surface area contributed by atoms with Crippen molar-refractivity contribution in [3.8, 4) is 11.5 Å². The van der Waals surface area contributed by atoms with E-state index in [0.29, 0.717) is 16.8 Å². The monoisotopic (exact) mass is 288 g/mol. The van der Waals surface area contributed by atoms with Gasteiger partial charge in [0.15, 0.2) is 0 Å². The average molecular weight is 288 g/mol. The van der Waals surface area contributed by atoms with E-state index in [1.807, 2.05) is 0 Å². The Bertz CT molecular complexity index is 665. The molecule has 6 nitrogen and oxygen atoms in total. The Kier molecular flexibility index (Phi) is 3.98. The minimum atomic E-state index is -0.449. The van der Waals surface area contributed by atoms with E-state index in [0.717, 1.165) is 0 Å². The van der Waals surface area contributed by atoms with Crippen LogP contribution in [0.25, 0.3) is 0 Å². The van der Waals surface area contributed by atoms with Gasteiger partial charge in [0, 0.05) is 17.8 Å². The first-order valence-corrected chi connectivity index (χ1v) is 6.42. The summed E-state index contributed by atoms with van der Waals surface area (Å²) in [6.45, 7) is 3.54. The number of aromatic hydroxyl groups is 2. The molecule has 1 unspecified atom stereocenters. The molecule has 2 aromatic carbocycles. The molecule has 0 aliphatic carbocycles. The van der Waals surface area contributed by atoms with E-state index in [4.69, 9.17) is 0 Å². The number of nitro benzene ring substituents is 1. The van der Waals surface area contributed by atoms with E-state index in [2.05, 4.69) is 5.32 Å². The van der Waals surface area contributed by atoms with Gasteiger partial charge >= 0.3 is 0 Å². The predicted octanol–water partition coefficient (Wildman–Crippen LogP) is 3.49. The molecule has 0 radical (unpaired) electrons. The molecule has 0 bridgehead atoms. The van der Waals surface area contributed by atoms with Gasteiger partial charge in [0.25, 0.3) is 5.69 Å². The smallest absolute Gasteiger partial charge is 0.269 e. The van der Waals surface area contributed by atoms with Crippen molar-refractivity contribution < 1.29 is 15.1 Å². The predicted molar refractivity (Wildman–Crippen MR) is 79.6 cm³/mol. The summed E-state index contributed by atoms with van der Waals surface area (Å²) in [5.41, 5.74) is 1.83. The highest BCUT2D eigenvalue weighted by Gasteiger charge is 2.16. The molecule has 2 rings (SSSR count).